The molecular weight excluding hydrogens is 372 g/mol. The number of thioether (sulfide) groups is 1. The van der Waals surface area contributed by atoms with Gasteiger partial charge in [-0.25, -0.2) is 20.0 Å². The molecule has 0 rings (SSSR count). The molecule has 2 amide bonds. The van der Waals surface area contributed by atoms with E-state index in [1.807, 2.05) is 6.26 Å². The van der Waals surface area contributed by atoms with Crippen molar-refractivity contribution in [2.45, 2.75) is 91.4 Å². The van der Waals surface area contributed by atoms with Gasteiger partial charge < -0.3 is 9.47 Å². The molecule has 6 nitrogen and oxygen atoms in total. The van der Waals surface area contributed by atoms with Crippen LogP contribution in [0.4, 0.5) is 9.59 Å². The highest BCUT2D eigenvalue weighted by molar-refractivity contribution is 8.22. The Hall–Kier alpha value is -1.02. The molecule has 0 aromatic carbocycles. The van der Waals surface area contributed by atoms with Gasteiger partial charge in [0.25, 0.3) is 0 Å². The number of thiocarbonyl (C=S) groups is 1. The minimum absolute atomic E-state index is 0.450. The lowest BCUT2D eigenvalue weighted by atomic mass is 10.1. The normalized spacial score (nSPS) is 12.9. The smallest absolute Gasteiger partial charge is 0.429 e. The lowest BCUT2D eigenvalue weighted by Gasteiger charge is -2.34. The summed E-state index contributed by atoms with van der Waals surface area (Å²) in [5, 5.41) is 1.17. The van der Waals surface area contributed by atoms with E-state index in [0.29, 0.717) is 10.6 Å². The first kappa shape index (κ1) is 25.0. The van der Waals surface area contributed by atoms with E-state index >= 15 is 0 Å². The molecule has 0 aromatic heterocycles. The first-order valence-corrected chi connectivity index (χ1v) is 10.5. The summed E-state index contributed by atoms with van der Waals surface area (Å²) in [4.78, 5) is 25.0. The molecule has 1 N–H and O–H groups in total. The second-order valence-corrected chi connectivity index (χ2v) is 9.55. The quantitative estimate of drug-likeness (QED) is 0.367. The number of nitrogens with one attached hydrogen (secondary N) is 1. The Balaban J connectivity index is 5.49. The van der Waals surface area contributed by atoms with Crippen molar-refractivity contribution >= 4 is 40.4 Å². The number of rotatable bonds is 6. The Labute approximate surface area is 167 Å². The zero-order chi connectivity index (χ0) is 20.5. The molecule has 0 spiro atoms. The van der Waals surface area contributed by atoms with E-state index in [2.05, 4.69) is 12.3 Å². The van der Waals surface area contributed by atoms with Gasteiger partial charge >= 0.3 is 12.2 Å². The lowest BCUT2D eigenvalue weighted by Crippen LogP contribution is -2.56. The fourth-order valence-corrected chi connectivity index (χ4v) is 2.76. The lowest BCUT2D eigenvalue weighted by molar-refractivity contribution is -0.00359. The first-order valence-electron chi connectivity index (χ1n) is 8.90. The molecule has 152 valence electrons. The van der Waals surface area contributed by atoms with Gasteiger partial charge in [-0.05, 0) is 54.2 Å². The maximum absolute atomic E-state index is 12.7. The molecule has 0 aliphatic rings. The van der Waals surface area contributed by atoms with Crippen LogP contribution in [0.25, 0.3) is 0 Å². The van der Waals surface area contributed by atoms with Crippen LogP contribution in [0.15, 0.2) is 0 Å². The van der Waals surface area contributed by atoms with E-state index in [9.17, 15) is 9.59 Å². The molecule has 0 aliphatic carbocycles. The number of ether oxygens (including phenoxy) is 2. The van der Waals surface area contributed by atoms with E-state index in [1.54, 1.807) is 41.5 Å². The van der Waals surface area contributed by atoms with Gasteiger partial charge in [0, 0.05) is 0 Å². The van der Waals surface area contributed by atoms with Crippen molar-refractivity contribution in [3.8, 4) is 0 Å². The minimum Gasteiger partial charge on any atom is -0.443 e. The Bertz CT molecular complexity index is 485. The number of hydrogen-bond donors (Lipinski definition) is 1. The Morgan fingerprint density at radius 1 is 1.08 bits per heavy atom. The third-order valence-electron chi connectivity index (χ3n) is 3.07. The van der Waals surface area contributed by atoms with Crippen molar-refractivity contribution in [2.24, 2.45) is 0 Å². The highest BCUT2D eigenvalue weighted by Crippen LogP contribution is 2.20. The Morgan fingerprint density at radius 3 is 2.04 bits per heavy atom. The van der Waals surface area contributed by atoms with Crippen LogP contribution in [0.3, 0.4) is 0 Å². The van der Waals surface area contributed by atoms with Crippen LogP contribution in [0, 0.1) is 0 Å². The second-order valence-electron chi connectivity index (χ2n) is 8.00. The van der Waals surface area contributed by atoms with Crippen molar-refractivity contribution in [3.05, 3.63) is 0 Å². The van der Waals surface area contributed by atoms with Gasteiger partial charge in [0.1, 0.15) is 11.2 Å². The maximum atomic E-state index is 12.7. The molecule has 1 atom stereocenters. The molecule has 26 heavy (non-hydrogen) atoms. The number of hydrazine groups is 1. The predicted octanol–water partition coefficient (Wildman–Crippen LogP) is 5.30. The van der Waals surface area contributed by atoms with E-state index in [-0.39, 0.29) is 0 Å². The summed E-state index contributed by atoms with van der Waals surface area (Å²) in [6.07, 6.45) is 4.08. The summed E-state index contributed by atoms with van der Waals surface area (Å²) in [6.45, 7) is 12.7. The number of carbonyl (C=O) groups is 2. The number of nitrogens with zero attached hydrogens (tertiary/aromatic N) is 1. The van der Waals surface area contributed by atoms with E-state index < -0.39 is 29.4 Å². The van der Waals surface area contributed by atoms with Crippen LogP contribution in [-0.2, 0) is 9.47 Å². The SMILES string of the molecule is CCCCCC(C(=S)SC)N(NC(=O)OC(C)(C)C)C(=O)OC(C)(C)C. The fourth-order valence-electron chi connectivity index (χ4n) is 2.04. The molecule has 1 unspecified atom stereocenters. The number of hydrogen-bond acceptors (Lipinski definition) is 6. The summed E-state index contributed by atoms with van der Waals surface area (Å²) >= 11 is 6.83. The average molecular weight is 407 g/mol. The van der Waals surface area contributed by atoms with Crippen LogP contribution in [0.1, 0.15) is 74.1 Å². The van der Waals surface area contributed by atoms with Crippen molar-refractivity contribution in [1.82, 2.24) is 10.4 Å². The van der Waals surface area contributed by atoms with Crippen LogP contribution in [0.5, 0.6) is 0 Å². The second kappa shape index (κ2) is 11.0. The zero-order valence-corrected chi connectivity index (χ0v) is 18.9. The third-order valence-corrected chi connectivity index (χ3v) is 4.51. The molecule has 0 heterocycles. The summed E-state index contributed by atoms with van der Waals surface area (Å²) < 4.78 is 11.4. The van der Waals surface area contributed by atoms with Gasteiger partial charge in [-0.3, -0.25) is 0 Å². The number of carbonyl (C=O) groups excluding carboxylic acids is 2. The average Bonchev–Trinajstić information content (AvgIpc) is 2.45. The molecule has 0 radical (unpaired) electrons. The Morgan fingerprint density at radius 2 is 1.62 bits per heavy atom. The van der Waals surface area contributed by atoms with Gasteiger partial charge in [-0.2, -0.15) is 0 Å². The van der Waals surface area contributed by atoms with Gasteiger partial charge in [0.2, 0.25) is 0 Å². The van der Waals surface area contributed by atoms with Gasteiger partial charge in [0.15, 0.2) is 0 Å². The summed E-state index contributed by atoms with van der Waals surface area (Å²) in [6, 6.07) is -0.450. The molecule has 0 saturated heterocycles. The molecular formula is C18H34N2O4S2. The van der Waals surface area contributed by atoms with Gasteiger partial charge in [-0.1, -0.05) is 38.4 Å². The van der Waals surface area contributed by atoms with Gasteiger partial charge in [-0.15, -0.1) is 11.8 Å². The molecule has 0 fully saturated rings. The molecule has 0 aliphatic heterocycles. The van der Waals surface area contributed by atoms with Crippen molar-refractivity contribution in [3.63, 3.8) is 0 Å². The highest BCUT2D eigenvalue weighted by Gasteiger charge is 2.33. The standard InChI is InChI=1S/C18H34N2O4S2/c1-9-10-11-12-13(14(25)26-8)20(16(22)24-18(5,6)7)19-15(21)23-17(2,3)4/h13H,9-12H2,1-8H3,(H,19,21). The van der Waals surface area contributed by atoms with Crippen molar-refractivity contribution in [1.29, 1.82) is 0 Å². The van der Waals surface area contributed by atoms with Crippen LogP contribution in [0.2, 0.25) is 0 Å². The van der Waals surface area contributed by atoms with Crippen molar-refractivity contribution < 1.29 is 19.1 Å². The van der Waals surface area contributed by atoms with Gasteiger partial charge in [0.05, 0.1) is 10.2 Å². The first-order chi connectivity index (χ1) is 11.8. The van der Waals surface area contributed by atoms with Crippen LogP contribution < -0.4 is 5.43 Å². The predicted molar refractivity (Wildman–Crippen MR) is 111 cm³/mol. The van der Waals surface area contributed by atoms with Crippen LogP contribution >= 0.6 is 24.0 Å². The molecule has 0 bridgehead atoms. The van der Waals surface area contributed by atoms with E-state index in [0.717, 1.165) is 19.3 Å². The largest absolute Gasteiger partial charge is 0.443 e. The monoisotopic (exact) mass is 406 g/mol. The number of amides is 2. The minimum atomic E-state index is -0.715. The maximum Gasteiger partial charge on any atom is 0.429 e. The molecule has 0 aromatic rings. The Kier molecular flexibility index (Phi) is 10.5. The number of unbranched alkanes of at least 4 members (excludes halogenated alkanes) is 2. The van der Waals surface area contributed by atoms with Crippen molar-refractivity contribution in [2.75, 3.05) is 6.26 Å². The molecule has 0 saturated carbocycles. The summed E-state index contributed by atoms with van der Waals surface area (Å²) in [5.74, 6) is 0. The highest BCUT2D eigenvalue weighted by atomic mass is 32.2. The zero-order valence-electron chi connectivity index (χ0n) is 17.3. The fraction of sp³-hybridized carbons (Fsp3) is 0.833. The summed E-state index contributed by atoms with van der Waals surface area (Å²) in [7, 11) is 0. The van der Waals surface area contributed by atoms with Crippen LogP contribution in [-0.4, -0.2) is 44.9 Å². The van der Waals surface area contributed by atoms with E-state index in [4.69, 9.17) is 21.7 Å². The molecule has 8 heteroatoms. The topological polar surface area (TPSA) is 67.9 Å². The third kappa shape index (κ3) is 10.9. The van der Waals surface area contributed by atoms with E-state index in [1.165, 1.54) is 16.8 Å². The summed E-state index contributed by atoms with van der Waals surface area (Å²) in [5.41, 5.74) is 1.16.